The average Bonchev–Trinajstić information content (AvgIpc) is 3.54. The van der Waals surface area contributed by atoms with E-state index in [2.05, 4.69) is 26.0 Å². The van der Waals surface area contributed by atoms with Crippen LogP contribution in [-0.2, 0) is 9.53 Å². The summed E-state index contributed by atoms with van der Waals surface area (Å²) < 4.78 is 10.4. The second-order valence-corrected chi connectivity index (χ2v) is 8.99. The molecule has 7 nitrogen and oxygen atoms in total. The van der Waals surface area contributed by atoms with Crippen molar-refractivity contribution in [2.24, 2.45) is 5.10 Å². The first-order chi connectivity index (χ1) is 16.9. The van der Waals surface area contributed by atoms with Crippen LogP contribution in [0.5, 0.6) is 0 Å². The van der Waals surface area contributed by atoms with Gasteiger partial charge in [0.1, 0.15) is 6.54 Å². The van der Waals surface area contributed by atoms with Gasteiger partial charge >= 0.3 is 0 Å². The number of hydrogen-bond acceptors (Lipinski definition) is 5. The minimum absolute atomic E-state index is 0.156. The first-order valence-electron chi connectivity index (χ1n) is 11.4. The Morgan fingerprint density at radius 1 is 1.14 bits per heavy atom. The predicted molar refractivity (Wildman–Crippen MR) is 135 cm³/mol. The molecular weight excluding hydrogens is 466 g/mol. The lowest BCUT2D eigenvalue weighted by molar-refractivity contribution is -0.133. The molecule has 2 heterocycles. The molecule has 35 heavy (non-hydrogen) atoms. The Balaban J connectivity index is 1.63. The Bertz CT molecular complexity index is 1220. The maximum atomic E-state index is 13.6. The lowest BCUT2D eigenvalue weighted by Gasteiger charge is -2.26. The van der Waals surface area contributed by atoms with Gasteiger partial charge in [-0.2, -0.15) is 5.10 Å². The molecule has 0 saturated carbocycles. The highest BCUT2D eigenvalue weighted by atomic mass is 35.5. The summed E-state index contributed by atoms with van der Waals surface area (Å²) in [5, 5.41) is 6.85. The minimum Gasteiger partial charge on any atom is -0.459 e. The number of halogens is 1. The number of carbonyl (C=O) groups is 2. The molecule has 0 bridgehead atoms. The summed E-state index contributed by atoms with van der Waals surface area (Å²) in [5.74, 6) is -0.496. The summed E-state index contributed by atoms with van der Waals surface area (Å²) in [5.41, 5.74) is 5.08. The quantitative estimate of drug-likeness (QED) is 0.441. The molecule has 0 aliphatic carbocycles. The fraction of sp³-hybridized carbons (Fsp3) is 0.296. The van der Waals surface area contributed by atoms with E-state index in [-0.39, 0.29) is 43.3 Å². The van der Waals surface area contributed by atoms with Gasteiger partial charge in [-0.3, -0.25) is 9.59 Å². The van der Waals surface area contributed by atoms with Crippen molar-refractivity contribution in [3.63, 3.8) is 0 Å². The first kappa shape index (κ1) is 24.7. The molecule has 2 amide bonds. The van der Waals surface area contributed by atoms with Crippen molar-refractivity contribution in [1.29, 1.82) is 0 Å². The highest BCUT2D eigenvalue weighted by Gasteiger charge is 2.34. The van der Waals surface area contributed by atoms with Crippen LogP contribution in [0.25, 0.3) is 0 Å². The van der Waals surface area contributed by atoms with Crippen LogP contribution in [-0.4, -0.2) is 54.2 Å². The van der Waals surface area contributed by atoms with Crippen LogP contribution >= 0.6 is 11.6 Å². The van der Waals surface area contributed by atoms with Crippen molar-refractivity contribution in [1.82, 2.24) is 9.91 Å². The number of furan rings is 1. The van der Waals surface area contributed by atoms with Gasteiger partial charge in [-0.25, -0.2) is 5.01 Å². The SMILES string of the molecule is COCCN(CC(=O)N1N=C(c2ccc(C)c(C)c2)CC1c1ccc(Cl)cc1)C(=O)c1ccco1. The third kappa shape index (κ3) is 5.63. The van der Waals surface area contributed by atoms with E-state index in [9.17, 15) is 9.59 Å². The molecule has 3 aromatic rings. The Morgan fingerprint density at radius 2 is 1.91 bits per heavy atom. The van der Waals surface area contributed by atoms with Gasteiger partial charge in [-0.15, -0.1) is 0 Å². The highest BCUT2D eigenvalue weighted by molar-refractivity contribution is 6.30. The lowest BCUT2D eigenvalue weighted by atomic mass is 9.96. The van der Waals surface area contributed by atoms with E-state index >= 15 is 0 Å². The number of amides is 2. The van der Waals surface area contributed by atoms with Crippen LogP contribution < -0.4 is 0 Å². The molecule has 0 N–H and O–H groups in total. The average molecular weight is 494 g/mol. The molecule has 0 saturated heterocycles. The highest BCUT2D eigenvalue weighted by Crippen LogP contribution is 2.34. The van der Waals surface area contributed by atoms with Crippen LogP contribution in [0, 0.1) is 13.8 Å². The van der Waals surface area contributed by atoms with Crippen LogP contribution in [0.2, 0.25) is 5.02 Å². The molecule has 1 atom stereocenters. The number of rotatable bonds is 8. The normalized spacial score (nSPS) is 15.3. The van der Waals surface area contributed by atoms with Crippen molar-refractivity contribution in [2.45, 2.75) is 26.3 Å². The summed E-state index contributed by atoms with van der Waals surface area (Å²) in [6.07, 6.45) is 1.99. The molecule has 8 heteroatoms. The smallest absolute Gasteiger partial charge is 0.290 e. The molecule has 2 aromatic carbocycles. The van der Waals surface area contributed by atoms with Crippen LogP contribution in [0.4, 0.5) is 0 Å². The third-order valence-corrected chi connectivity index (χ3v) is 6.42. The number of hydrogen-bond donors (Lipinski definition) is 0. The zero-order chi connectivity index (χ0) is 24.9. The molecule has 0 spiro atoms. The maximum absolute atomic E-state index is 13.6. The lowest BCUT2D eigenvalue weighted by Crippen LogP contribution is -2.42. The Labute approximate surface area is 209 Å². The number of ether oxygens (including phenoxy) is 1. The molecule has 1 unspecified atom stereocenters. The minimum atomic E-state index is -0.374. The summed E-state index contributed by atoms with van der Waals surface area (Å²) in [6.45, 7) is 4.50. The van der Waals surface area contributed by atoms with E-state index in [1.165, 1.54) is 21.7 Å². The molecule has 4 rings (SSSR count). The van der Waals surface area contributed by atoms with Crippen LogP contribution in [0.3, 0.4) is 0 Å². The van der Waals surface area contributed by atoms with E-state index in [0.717, 1.165) is 22.4 Å². The number of benzene rings is 2. The number of hydrazone groups is 1. The van der Waals surface area contributed by atoms with Gasteiger partial charge < -0.3 is 14.1 Å². The van der Waals surface area contributed by atoms with Crippen molar-refractivity contribution >= 4 is 29.1 Å². The zero-order valence-electron chi connectivity index (χ0n) is 20.0. The fourth-order valence-corrected chi connectivity index (χ4v) is 4.15. The van der Waals surface area contributed by atoms with E-state index in [0.29, 0.717) is 11.4 Å². The van der Waals surface area contributed by atoms with Crippen LogP contribution in [0.15, 0.2) is 70.4 Å². The first-order valence-corrected chi connectivity index (χ1v) is 11.8. The molecular formula is C27H28ClN3O4. The molecule has 1 aromatic heterocycles. The molecule has 1 aliphatic rings. The molecule has 182 valence electrons. The summed E-state index contributed by atoms with van der Waals surface area (Å²) >= 11 is 6.10. The Kier molecular flexibility index (Phi) is 7.68. The Hall–Kier alpha value is -3.42. The molecule has 0 radical (unpaired) electrons. The molecule has 1 aliphatic heterocycles. The van der Waals surface area contributed by atoms with Gasteiger partial charge in [-0.1, -0.05) is 35.9 Å². The molecule has 0 fully saturated rings. The van der Waals surface area contributed by atoms with Crippen LogP contribution in [0.1, 0.15) is 45.3 Å². The van der Waals surface area contributed by atoms with Crippen molar-refractivity contribution in [3.05, 3.63) is 93.9 Å². The predicted octanol–water partition coefficient (Wildman–Crippen LogP) is 5.02. The fourth-order valence-electron chi connectivity index (χ4n) is 4.03. The number of carbonyl (C=O) groups excluding carboxylic acids is 2. The van der Waals surface area contributed by atoms with Crippen molar-refractivity contribution in [3.8, 4) is 0 Å². The number of methoxy groups -OCH3 is 1. The summed E-state index contributed by atoms with van der Waals surface area (Å²) in [6, 6.07) is 16.5. The summed E-state index contributed by atoms with van der Waals surface area (Å²) in [7, 11) is 1.55. The van der Waals surface area contributed by atoms with E-state index in [1.807, 2.05) is 18.2 Å². The second kappa shape index (κ2) is 10.9. The third-order valence-electron chi connectivity index (χ3n) is 6.17. The number of aryl methyl sites for hydroxylation is 2. The monoisotopic (exact) mass is 493 g/mol. The van der Waals surface area contributed by atoms with Crippen molar-refractivity contribution in [2.75, 3.05) is 26.8 Å². The van der Waals surface area contributed by atoms with Gasteiger partial charge in [-0.05, 0) is 66.4 Å². The van der Waals surface area contributed by atoms with Gasteiger partial charge in [0, 0.05) is 25.1 Å². The zero-order valence-corrected chi connectivity index (χ0v) is 20.8. The second-order valence-electron chi connectivity index (χ2n) is 8.55. The van der Waals surface area contributed by atoms with Gasteiger partial charge in [0.2, 0.25) is 0 Å². The van der Waals surface area contributed by atoms with E-state index in [1.54, 1.807) is 31.4 Å². The number of nitrogens with zero attached hydrogens (tertiary/aromatic N) is 3. The van der Waals surface area contributed by atoms with Gasteiger partial charge in [0.15, 0.2) is 5.76 Å². The maximum Gasteiger partial charge on any atom is 0.290 e. The van der Waals surface area contributed by atoms with Crippen molar-refractivity contribution < 1.29 is 18.7 Å². The standard InChI is InChI=1S/C27H28ClN3O4/c1-18-6-7-21(15-19(18)2)23-16-24(20-8-10-22(28)11-9-20)31(29-23)26(32)17-30(12-14-34-3)27(33)25-5-4-13-35-25/h4-11,13,15,24H,12,14,16-17H2,1-3H3. The largest absolute Gasteiger partial charge is 0.459 e. The van der Waals surface area contributed by atoms with E-state index < -0.39 is 0 Å². The van der Waals surface area contributed by atoms with Gasteiger partial charge in [0.05, 0.1) is 24.6 Å². The van der Waals surface area contributed by atoms with E-state index in [4.69, 9.17) is 25.9 Å². The summed E-state index contributed by atoms with van der Waals surface area (Å²) in [4.78, 5) is 28.0. The topological polar surface area (TPSA) is 75.3 Å². The van der Waals surface area contributed by atoms with Gasteiger partial charge in [0.25, 0.3) is 11.8 Å². The Morgan fingerprint density at radius 3 is 2.57 bits per heavy atom.